The van der Waals surface area contributed by atoms with E-state index in [0.29, 0.717) is 0 Å². The van der Waals surface area contributed by atoms with E-state index in [0.717, 1.165) is 0 Å². The standard InChI is InChI=1S/C6H7Cl2N5O2/c7-2(8)5(15)11-1-3(9)12-6(10)13-4(1)14/h2H,(H,11,15)(H5,9,10,12,13,14). The van der Waals surface area contributed by atoms with Crippen molar-refractivity contribution in [2.45, 2.75) is 4.84 Å². The van der Waals surface area contributed by atoms with Crippen LogP contribution in [-0.4, -0.2) is 20.7 Å². The van der Waals surface area contributed by atoms with Crippen LogP contribution in [0.15, 0.2) is 4.79 Å². The fourth-order valence-corrected chi connectivity index (χ4v) is 0.916. The molecule has 1 heterocycles. The number of H-pyrrole nitrogens is 1. The number of carbonyl (C=O) groups is 1. The molecule has 0 spiro atoms. The summed E-state index contributed by atoms with van der Waals surface area (Å²) in [5, 5.41) is 2.12. The first-order valence-electron chi connectivity index (χ1n) is 3.66. The first-order valence-corrected chi connectivity index (χ1v) is 4.53. The number of nitrogens with one attached hydrogen (secondary N) is 2. The van der Waals surface area contributed by atoms with Crippen LogP contribution in [0.1, 0.15) is 0 Å². The Balaban J connectivity index is 3.06. The summed E-state index contributed by atoms with van der Waals surface area (Å²) in [7, 11) is 0. The largest absolute Gasteiger partial charge is 0.382 e. The maximum atomic E-state index is 11.3. The summed E-state index contributed by atoms with van der Waals surface area (Å²) in [4.78, 5) is 26.7. The fraction of sp³-hybridized carbons (Fsp3) is 0.167. The molecule has 1 aromatic heterocycles. The molecule has 15 heavy (non-hydrogen) atoms. The van der Waals surface area contributed by atoms with E-state index in [-0.39, 0.29) is 17.5 Å². The highest BCUT2D eigenvalue weighted by molar-refractivity contribution is 6.54. The predicted molar refractivity (Wildman–Crippen MR) is 57.8 cm³/mol. The first kappa shape index (κ1) is 11.6. The second-order valence-electron chi connectivity index (χ2n) is 2.50. The van der Waals surface area contributed by atoms with Crippen LogP contribution in [0.2, 0.25) is 0 Å². The van der Waals surface area contributed by atoms with Gasteiger partial charge in [-0.05, 0) is 0 Å². The summed E-state index contributed by atoms with van der Waals surface area (Å²) in [5.41, 5.74) is 9.65. The van der Waals surface area contributed by atoms with E-state index in [1.807, 2.05) is 0 Å². The van der Waals surface area contributed by atoms with E-state index in [1.165, 1.54) is 0 Å². The zero-order valence-electron chi connectivity index (χ0n) is 7.25. The molecule has 0 atom stereocenters. The number of carbonyl (C=O) groups excluding carboxylic acids is 1. The van der Waals surface area contributed by atoms with Gasteiger partial charge in [-0.25, -0.2) is 0 Å². The number of hydrogen-bond donors (Lipinski definition) is 4. The minimum Gasteiger partial charge on any atom is -0.382 e. The number of nitrogen functional groups attached to an aromatic ring is 2. The van der Waals surface area contributed by atoms with Gasteiger partial charge in [-0.3, -0.25) is 14.6 Å². The van der Waals surface area contributed by atoms with Gasteiger partial charge in [0.2, 0.25) is 5.95 Å². The maximum absolute atomic E-state index is 11.3. The summed E-state index contributed by atoms with van der Waals surface area (Å²) in [5.74, 6) is -1.13. The Hall–Kier alpha value is -1.47. The van der Waals surface area contributed by atoms with E-state index in [9.17, 15) is 9.59 Å². The van der Waals surface area contributed by atoms with Crippen molar-refractivity contribution in [3.05, 3.63) is 10.4 Å². The zero-order valence-corrected chi connectivity index (χ0v) is 8.76. The molecule has 0 radical (unpaired) electrons. The quantitative estimate of drug-likeness (QED) is 0.536. The Labute approximate surface area is 93.8 Å². The van der Waals surface area contributed by atoms with Crippen LogP contribution in [0.5, 0.6) is 0 Å². The van der Waals surface area contributed by atoms with Crippen LogP contribution in [-0.2, 0) is 4.79 Å². The van der Waals surface area contributed by atoms with Crippen LogP contribution < -0.4 is 22.3 Å². The minimum atomic E-state index is -1.30. The van der Waals surface area contributed by atoms with E-state index in [4.69, 9.17) is 34.7 Å². The van der Waals surface area contributed by atoms with Gasteiger partial charge < -0.3 is 16.8 Å². The Morgan fingerprint density at radius 2 is 2.07 bits per heavy atom. The molecule has 0 aliphatic carbocycles. The molecule has 0 bridgehead atoms. The number of hydrogen-bond acceptors (Lipinski definition) is 5. The summed E-state index contributed by atoms with van der Waals surface area (Å²) in [6, 6.07) is 0. The zero-order chi connectivity index (χ0) is 11.6. The molecule has 0 fully saturated rings. The van der Waals surface area contributed by atoms with Gasteiger partial charge in [-0.15, -0.1) is 0 Å². The van der Waals surface area contributed by atoms with Gasteiger partial charge in [0.15, 0.2) is 10.7 Å². The van der Waals surface area contributed by atoms with E-state index < -0.39 is 16.3 Å². The lowest BCUT2D eigenvalue weighted by molar-refractivity contribution is -0.114. The minimum absolute atomic E-state index is 0.149. The molecule has 1 rings (SSSR count). The first-order chi connectivity index (χ1) is 6.91. The molecule has 0 aliphatic rings. The average molecular weight is 252 g/mol. The number of aromatic amines is 1. The van der Waals surface area contributed by atoms with Crippen molar-refractivity contribution in [2.24, 2.45) is 0 Å². The lowest BCUT2D eigenvalue weighted by Gasteiger charge is -2.06. The third-order valence-electron chi connectivity index (χ3n) is 1.41. The van der Waals surface area contributed by atoms with Crippen LogP contribution in [0, 0.1) is 0 Å². The van der Waals surface area contributed by atoms with Crippen LogP contribution in [0.3, 0.4) is 0 Å². The van der Waals surface area contributed by atoms with Crippen LogP contribution in [0.25, 0.3) is 0 Å². The predicted octanol–water partition coefficient (Wildman–Crippen LogP) is -0.324. The molecule has 1 amide bonds. The average Bonchev–Trinajstić information content (AvgIpc) is 2.10. The summed E-state index contributed by atoms with van der Waals surface area (Å²) < 4.78 is 0. The SMILES string of the molecule is Nc1nc(N)c(NC(=O)C(Cl)Cl)c(=O)[nH]1. The van der Waals surface area contributed by atoms with Gasteiger partial charge in [-0.2, -0.15) is 4.98 Å². The molecule has 6 N–H and O–H groups in total. The molecular weight excluding hydrogens is 245 g/mol. The molecule has 0 saturated carbocycles. The van der Waals surface area contributed by atoms with Crippen molar-refractivity contribution in [3.8, 4) is 0 Å². The van der Waals surface area contributed by atoms with Crippen LogP contribution >= 0.6 is 23.2 Å². The lowest BCUT2D eigenvalue weighted by Crippen LogP contribution is -2.26. The second kappa shape index (κ2) is 4.37. The van der Waals surface area contributed by atoms with Crippen molar-refractivity contribution in [2.75, 3.05) is 16.8 Å². The van der Waals surface area contributed by atoms with Crippen molar-refractivity contribution >= 4 is 46.6 Å². The number of alkyl halides is 2. The monoisotopic (exact) mass is 251 g/mol. The highest BCUT2D eigenvalue weighted by Crippen LogP contribution is 2.12. The normalized spacial score (nSPS) is 10.3. The van der Waals surface area contributed by atoms with E-state index in [2.05, 4.69) is 15.3 Å². The number of nitrogens with two attached hydrogens (primary N) is 2. The van der Waals surface area contributed by atoms with Crippen molar-refractivity contribution in [1.82, 2.24) is 9.97 Å². The molecule has 9 heteroatoms. The summed E-state index contributed by atoms with van der Waals surface area (Å²) in [6.45, 7) is 0. The number of halogens is 2. The third kappa shape index (κ3) is 2.74. The van der Waals surface area contributed by atoms with Crippen molar-refractivity contribution in [3.63, 3.8) is 0 Å². The highest BCUT2D eigenvalue weighted by atomic mass is 35.5. The van der Waals surface area contributed by atoms with E-state index >= 15 is 0 Å². The Bertz CT molecular complexity index is 444. The fourth-order valence-electron chi connectivity index (χ4n) is 0.807. The highest BCUT2D eigenvalue weighted by Gasteiger charge is 2.16. The Morgan fingerprint density at radius 1 is 1.47 bits per heavy atom. The molecule has 1 aromatic rings. The van der Waals surface area contributed by atoms with E-state index in [1.54, 1.807) is 0 Å². The number of rotatable bonds is 2. The van der Waals surface area contributed by atoms with Gasteiger partial charge in [0.1, 0.15) is 5.69 Å². The second-order valence-corrected chi connectivity index (χ2v) is 3.60. The molecular formula is C6H7Cl2N5O2. The Kier molecular flexibility index (Phi) is 3.38. The smallest absolute Gasteiger partial charge is 0.278 e. The number of amides is 1. The maximum Gasteiger partial charge on any atom is 0.278 e. The summed E-state index contributed by atoms with van der Waals surface area (Å²) >= 11 is 10.5. The molecule has 0 aliphatic heterocycles. The van der Waals surface area contributed by atoms with Gasteiger partial charge >= 0.3 is 0 Å². The Morgan fingerprint density at radius 3 is 2.53 bits per heavy atom. The van der Waals surface area contributed by atoms with Crippen molar-refractivity contribution < 1.29 is 4.79 Å². The molecule has 0 saturated heterocycles. The molecule has 0 aromatic carbocycles. The van der Waals surface area contributed by atoms with Crippen LogP contribution in [0.4, 0.5) is 17.5 Å². The van der Waals surface area contributed by atoms with Gasteiger partial charge in [-0.1, -0.05) is 23.2 Å². The van der Waals surface area contributed by atoms with Crippen molar-refractivity contribution in [1.29, 1.82) is 0 Å². The topological polar surface area (TPSA) is 127 Å². The molecule has 7 nitrogen and oxygen atoms in total. The number of nitrogens with zero attached hydrogens (tertiary/aromatic N) is 1. The van der Waals surface area contributed by atoms with Gasteiger partial charge in [0, 0.05) is 0 Å². The number of anilines is 3. The number of aromatic nitrogens is 2. The molecule has 0 unspecified atom stereocenters. The third-order valence-corrected chi connectivity index (χ3v) is 1.81. The van der Waals surface area contributed by atoms with Gasteiger partial charge in [0.05, 0.1) is 0 Å². The lowest BCUT2D eigenvalue weighted by atomic mass is 10.4. The molecule has 82 valence electrons. The summed E-state index contributed by atoms with van der Waals surface area (Å²) in [6.07, 6.45) is 0. The van der Waals surface area contributed by atoms with Gasteiger partial charge in [0.25, 0.3) is 11.5 Å².